The van der Waals surface area contributed by atoms with Crippen LogP contribution in [0.4, 0.5) is 11.5 Å². The predicted octanol–water partition coefficient (Wildman–Crippen LogP) is 5.16. The number of nitrogens with zero attached hydrogens (tertiary/aromatic N) is 2. The molecule has 2 N–H and O–H groups in total. The fourth-order valence-electron chi connectivity index (χ4n) is 1.85. The second-order valence-corrected chi connectivity index (χ2v) is 6.34. The van der Waals surface area contributed by atoms with E-state index >= 15 is 0 Å². The summed E-state index contributed by atoms with van der Waals surface area (Å²) >= 11 is 11.9. The molecule has 5 heteroatoms. The molecule has 0 bridgehead atoms. The van der Waals surface area contributed by atoms with Gasteiger partial charge in [-0.3, -0.25) is 0 Å². The largest absolute Gasteiger partial charge is 0.397 e. The normalized spacial score (nSPS) is 10.2. The van der Waals surface area contributed by atoms with Crippen LogP contribution in [0.25, 0.3) is 0 Å². The molecule has 0 spiro atoms. The lowest BCUT2D eigenvalue weighted by Gasteiger charge is -2.16. The van der Waals surface area contributed by atoms with E-state index in [1.807, 2.05) is 44.1 Å². The van der Waals surface area contributed by atoms with E-state index < -0.39 is 0 Å². The molecule has 120 valence electrons. The highest BCUT2D eigenvalue weighted by atomic mass is 35.5. The number of hydrogen-bond acceptors (Lipinski definition) is 3. The number of pyridine rings is 1. The fourth-order valence-corrected chi connectivity index (χ4v) is 2.57. The maximum atomic E-state index is 6.19. The van der Waals surface area contributed by atoms with Crippen molar-refractivity contribution in [2.24, 2.45) is 0 Å². The van der Waals surface area contributed by atoms with E-state index in [0.29, 0.717) is 16.6 Å². The Morgan fingerprint density at radius 2 is 1.77 bits per heavy atom. The third kappa shape index (κ3) is 4.79. The molecule has 1 heterocycles. The highest BCUT2D eigenvalue weighted by Crippen LogP contribution is 2.30. The van der Waals surface area contributed by atoms with Crippen LogP contribution in [-0.4, -0.2) is 19.1 Å². The van der Waals surface area contributed by atoms with Crippen LogP contribution in [0.2, 0.25) is 10.0 Å². The number of nitrogen functional groups attached to an aromatic ring is 1. The lowest BCUT2D eigenvalue weighted by Crippen LogP contribution is -2.12. The van der Waals surface area contributed by atoms with Crippen LogP contribution in [0.5, 0.6) is 0 Å². The molecule has 22 heavy (non-hydrogen) atoms. The minimum atomic E-state index is 0.439. The van der Waals surface area contributed by atoms with Gasteiger partial charge < -0.3 is 10.6 Å². The summed E-state index contributed by atoms with van der Waals surface area (Å²) in [7, 11) is 3.89. The smallest absolute Gasteiger partial charge is 0.147 e. The lowest BCUT2D eigenvalue weighted by molar-refractivity contribution is 0.860. The molecule has 3 nitrogen and oxygen atoms in total. The van der Waals surface area contributed by atoms with Gasteiger partial charge in [0, 0.05) is 20.3 Å². The molecule has 0 unspecified atom stereocenters. The zero-order chi connectivity index (χ0) is 16.9. The fraction of sp³-hybridized carbons (Fsp3) is 0.353. The van der Waals surface area contributed by atoms with Crippen molar-refractivity contribution in [2.75, 3.05) is 24.7 Å². The minimum absolute atomic E-state index is 0.439. The van der Waals surface area contributed by atoms with Gasteiger partial charge in [0.25, 0.3) is 0 Å². The van der Waals surface area contributed by atoms with Crippen LogP contribution in [-0.2, 0) is 0 Å². The SMILES string of the molecule is CC(C)c1ccnc(N(C)C)c1Cl.Cc1cccc(Cl)c1N. The summed E-state index contributed by atoms with van der Waals surface area (Å²) < 4.78 is 0. The number of aromatic nitrogens is 1. The number of hydrogen-bond donors (Lipinski definition) is 1. The first kappa shape index (κ1) is 18.6. The van der Waals surface area contributed by atoms with E-state index in [1.54, 1.807) is 12.3 Å². The number of para-hydroxylation sites is 1. The molecule has 0 saturated heterocycles. The van der Waals surface area contributed by atoms with Gasteiger partial charge in [-0.15, -0.1) is 0 Å². The summed E-state index contributed by atoms with van der Waals surface area (Å²) in [5, 5.41) is 1.40. The van der Waals surface area contributed by atoms with Crippen molar-refractivity contribution in [3.63, 3.8) is 0 Å². The van der Waals surface area contributed by atoms with Gasteiger partial charge in [-0.2, -0.15) is 0 Å². The maximum Gasteiger partial charge on any atom is 0.147 e. The number of anilines is 2. The van der Waals surface area contributed by atoms with Gasteiger partial charge in [-0.05, 0) is 36.1 Å². The molecule has 0 aliphatic carbocycles. The Hall–Kier alpha value is -1.45. The highest BCUT2D eigenvalue weighted by Gasteiger charge is 2.10. The molecule has 0 fully saturated rings. The van der Waals surface area contributed by atoms with Crippen LogP contribution in [0.1, 0.15) is 30.9 Å². The molecule has 0 atom stereocenters. The number of aryl methyl sites for hydroxylation is 1. The van der Waals surface area contributed by atoms with E-state index in [0.717, 1.165) is 22.0 Å². The quantitative estimate of drug-likeness (QED) is 0.768. The third-order valence-electron chi connectivity index (χ3n) is 3.22. The summed E-state index contributed by atoms with van der Waals surface area (Å²) in [5.41, 5.74) is 8.41. The van der Waals surface area contributed by atoms with Crippen molar-refractivity contribution in [2.45, 2.75) is 26.7 Å². The molecule has 2 rings (SSSR count). The summed E-state index contributed by atoms with van der Waals surface area (Å²) in [6.45, 7) is 6.18. The summed E-state index contributed by atoms with van der Waals surface area (Å²) in [4.78, 5) is 6.14. The average Bonchev–Trinajstić information content (AvgIpc) is 2.45. The van der Waals surface area contributed by atoms with E-state index in [9.17, 15) is 0 Å². The number of halogens is 2. The van der Waals surface area contributed by atoms with Gasteiger partial charge >= 0.3 is 0 Å². The van der Waals surface area contributed by atoms with E-state index in [2.05, 4.69) is 18.8 Å². The van der Waals surface area contributed by atoms with Gasteiger partial charge in [-0.25, -0.2) is 4.98 Å². The molecule has 1 aromatic carbocycles. The topological polar surface area (TPSA) is 42.2 Å². The number of nitrogens with two attached hydrogens (primary N) is 1. The van der Waals surface area contributed by atoms with Crippen molar-refractivity contribution >= 4 is 34.7 Å². The highest BCUT2D eigenvalue weighted by molar-refractivity contribution is 6.33. The summed E-state index contributed by atoms with van der Waals surface area (Å²) in [6, 6.07) is 7.57. The molecule has 0 saturated carbocycles. The van der Waals surface area contributed by atoms with Crippen molar-refractivity contribution in [3.05, 3.63) is 51.6 Å². The van der Waals surface area contributed by atoms with Crippen LogP contribution >= 0.6 is 23.2 Å². The van der Waals surface area contributed by atoms with Gasteiger partial charge in [0.15, 0.2) is 0 Å². The monoisotopic (exact) mass is 339 g/mol. The second kappa shape index (κ2) is 8.25. The Morgan fingerprint density at radius 3 is 2.23 bits per heavy atom. The molecular formula is C17H23Cl2N3. The van der Waals surface area contributed by atoms with Gasteiger partial charge in [0.1, 0.15) is 5.82 Å². The van der Waals surface area contributed by atoms with Gasteiger partial charge in [-0.1, -0.05) is 49.2 Å². The lowest BCUT2D eigenvalue weighted by atomic mass is 10.0. The Bertz CT molecular complexity index is 579. The number of rotatable bonds is 2. The van der Waals surface area contributed by atoms with Crippen LogP contribution < -0.4 is 10.6 Å². The molecular weight excluding hydrogens is 317 g/mol. The Labute approximate surface area is 143 Å². The maximum absolute atomic E-state index is 6.19. The van der Waals surface area contributed by atoms with Crippen molar-refractivity contribution in [1.82, 2.24) is 4.98 Å². The first-order chi connectivity index (χ1) is 10.3. The minimum Gasteiger partial charge on any atom is -0.397 e. The first-order valence-electron chi connectivity index (χ1n) is 7.08. The van der Waals surface area contributed by atoms with E-state index in [-0.39, 0.29) is 0 Å². The average molecular weight is 340 g/mol. The number of benzene rings is 1. The molecule has 2 aromatic rings. The van der Waals surface area contributed by atoms with Crippen molar-refractivity contribution in [1.29, 1.82) is 0 Å². The van der Waals surface area contributed by atoms with Crippen LogP contribution in [0, 0.1) is 6.92 Å². The standard InChI is InChI=1S/C10H15ClN2.C7H8ClN/c1-7(2)8-5-6-12-10(9(8)11)13(3)4;1-5-3-2-4-6(8)7(5)9/h5-7H,1-4H3;2-4H,9H2,1H3. The zero-order valence-electron chi connectivity index (χ0n) is 13.7. The predicted molar refractivity (Wildman–Crippen MR) is 98.3 cm³/mol. The molecule has 0 aliphatic heterocycles. The molecule has 1 aromatic heterocycles. The van der Waals surface area contributed by atoms with Crippen molar-refractivity contribution in [3.8, 4) is 0 Å². The van der Waals surface area contributed by atoms with Gasteiger partial charge in [0.05, 0.1) is 15.7 Å². The molecule has 0 aliphatic rings. The Balaban J connectivity index is 0.000000235. The van der Waals surface area contributed by atoms with Gasteiger partial charge in [0.2, 0.25) is 0 Å². The van der Waals surface area contributed by atoms with Crippen molar-refractivity contribution < 1.29 is 0 Å². The molecule has 0 amide bonds. The van der Waals surface area contributed by atoms with Crippen LogP contribution in [0.15, 0.2) is 30.5 Å². The second-order valence-electron chi connectivity index (χ2n) is 5.56. The summed E-state index contributed by atoms with van der Waals surface area (Å²) in [6.07, 6.45) is 1.80. The molecule has 0 radical (unpaired) electrons. The van der Waals surface area contributed by atoms with E-state index in [4.69, 9.17) is 28.9 Å². The Morgan fingerprint density at radius 1 is 1.14 bits per heavy atom. The third-order valence-corrected chi connectivity index (χ3v) is 3.93. The zero-order valence-corrected chi connectivity index (χ0v) is 15.2. The Kier molecular flexibility index (Phi) is 6.98. The van der Waals surface area contributed by atoms with Crippen LogP contribution in [0.3, 0.4) is 0 Å². The summed E-state index contributed by atoms with van der Waals surface area (Å²) in [5.74, 6) is 1.28. The first-order valence-corrected chi connectivity index (χ1v) is 7.83. The van der Waals surface area contributed by atoms with E-state index in [1.165, 1.54) is 0 Å².